The first-order valence-corrected chi connectivity index (χ1v) is 12.1. The molecule has 0 fully saturated rings. The van der Waals surface area contributed by atoms with Crippen LogP contribution < -0.4 is 0 Å². The summed E-state index contributed by atoms with van der Waals surface area (Å²) in [5, 5.41) is 0. The summed E-state index contributed by atoms with van der Waals surface area (Å²) < 4.78 is 5.31. The Morgan fingerprint density at radius 3 is 1.41 bits per heavy atom. The van der Waals surface area contributed by atoms with E-state index in [-0.39, 0.29) is 5.97 Å². The van der Waals surface area contributed by atoms with Gasteiger partial charge in [0.2, 0.25) is 0 Å². The molecule has 0 aromatic rings. The maximum atomic E-state index is 11.9. The van der Waals surface area contributed by atoms with Gasteiger partial charge in [-0.25, -0.2) is 4.79 Å². The van der Waals surface area contributed by atoms with Crippen LogP contribution in [0.1, 0.15) is 136 Å². The lowest BCUT2D eigenvalue weighted by Gasteiger charge is -2.07. The Morgan fingerprint density at radius 2 is 0.963 bits per heavy atom. The number of carbonyl (C=O) groups excluding carboxylic acids is 1. The van der Waals surface area contributed by atoms with Crippen molar-refractivity contribution in [3.63, 3.8) is 0 Å². The Kier molecular flexibility index (Phi) is 20.9. The molecule has 0 radical (unpaired) electrons. The van der Waals surface area contributed by atoms with Crippen molar-refractivity contribution in [2.75, 3.05) is 6.61 Å². The van der Waals surface area contributed by atoms with Crippen molar-refractivity contribution < 1.29 is 9.53 Å². The van der Waals surface area contributed by atoms with Crippen LogP contribution in [0.2, 0.25) is 0 Å². The van der Waals surface area contributed by atoms with Gasteiger partial charge in [-0.1, -0.05) is 123 Å². The molecule has 0 aromatic heterocycles. The predicted molar refractivity (Wildman–Crippen MR) is 119 cm³/mol. The van der Waals surface area contributed by atoms with Crippen LogP contribution in [0.15, 0.2) is 12.2 Å². The first kappa shape index (κ1) is 26.2. The first-order valence-electron chi connectivity index (χ1n) is 12.1. The van der Waals surface area contributed by atoms with Gasteiger partial charge in [0, 0.05) is 5.57 Å². The zero-order valence-electron chi connectivity index (χ0n) is 18.7. The van der Waals surface area contributed by atoms with E-state index in [1.807, 2.05) is 0 Å². The highest BCUT2D eigenvalue weighted by atomic mass is 16.5. The van der Waals surface area contributed by atoms with Crippen molar-refractivity contribution in [2.24, 2.45) is 0 Å². The van der Waals surface area contributed by atoms with Crippen LogP contribution in [-0.4, -0.2) is 12.6 Å². The largest absolute Gasteiger partial charge is 0.462 e. The normalized spacial score (nSPS) is 10.9. The Labute approximate surface area is 170 Å². The number of ether oxygens (including phenoxy) is 1. The van der Waals surface area contributed by atoms with E-state index in [0.29, 0.717) is 12.2 Å². The molecule has 0 atom stereocenters. The highest BCUT2D eigenvalue weighted by molar-refractivity contribution is 5.87. The molecule has 0 unspecified atom stereocenters. The van der Waals surface area contributed by atoms with Gasteiger partial charge < -0.3 is 4.74 Å². The maximum absolute atomic E-state index is 11.9. The van der Waals surface area contributed by atoms with Gasteiger partial charge >= 0.3 is 5.97 Å². The maximum Gasteiger partial charge on any atom is 0.333 e. The van der Waals surface area contributed by atoms with E-state index >= 15 is 0 Å². The van der Waals surface area contributed by atoms with E-state index in [9.17, 15) is 4.79 Å². The Bertz CT molecular complexity index is 335. The van der Waals surface area contributed by atoms with Crippen molar-refractivity contribution in [3.8, 4) is 0 Å². The summed E-state index contributed by atoms with van der Waals surface area (Å²) in [6.45, 7) is 8.94. The standard InChI is InChI=1S/C25H48O2/c1-4-6-8-10-11-12-13-14-15-16-17-18-20-22-24(3)25(26)27-23-21-19-9-7-5-2/h3-23H2,1-2H3. The first-order chi connectivity index (χ1) is 13.2. The topological polar surface area (TPSA) is 26.3 Å². The zero-order valence-corrected chi connectivity index (χ0v) is 18.7. The molecule has 2 nitrogen and oxygen atoms in total. The third kappa shape index (κ3) is 19.8. The Morgan fingerprint density at radius 1 is 0.593 bits per heavy atom. The molecule has 0 saturated carbocycles. The lowest BCUT2D eigenvalue weighted by Crippen LogP contribution is -2.08. The Balaban J connectivity index is 3.29. The average molecular weight is 381 g/mol. The summed E-state index contributed by atoms with van der Waals surface area (Å²) in [4.78, 5) is 11.9. The summed E-state index contributed by atoms with van der Waals surface area (Å²) >= 11 is 0. The number of rotatable bonds is 21. The van der Waals surface area contributed by atoms with Crippen LogP contribution in [0, 0.1) is 0 Å². The van der Waals surface area contributed by atoms with Crippen LogP contribution in [0.3, 0.4) is 0 Å². The van der Waals surface area contributed by atoms with Gasteiger partial charge in [-0.05, 0) is 19.3 Å². The van der Waals surface area contributed by atoms with E-state index in [1.54, 1.807) is 0 Å². The van der Waals surface area contributed by atoms with Gasteiger partial charge in [0.25, 0.3) is 0 Å². The van der Waals surface area contributed by atoms with Crippen molar-refractivity contribution in [2.45, 2.75) is 136 Å². The average Bonchev–Trinajstić information content (AvgIpc) is 2.67. The lowest BCUT2D eigenvalue weighted by molar-refractivity contribution is -0.139. The molecule has 0 aromatic carbocycles. The van der Waals surface area contributed by atoms with Crippen LogP contribution in [-0.2, 0) is 9.53 Å². The van der Waals surface area contributed by atoms with E-state index in [0.717, 1.165) is 25.7 Å². The number of hydrogen-bond acceptors (Lipinski definition) is 2. The summed E-state index contributed by atoms with van der Waals surface area (Å²) in [7, 11) is 0. The minimum absolute atomic E-state index is 0.176. The monoisotopic (exact) mass is 380 g/mol. The third-order valence-electron chi connectivity index (χ3n) is 5.35. The van der Waals surface area contributed by atoms with Crippen molar-refractivity contribution in [1.29, 1.82) is 0 Å². The van der Waals surface area contributed by atoms with E-state index in [4.69, 9.17) is 4.74 Å². The molecule has 0 aliphatic carbocycles. The molecule has 27 heavy (non-hydrogen) atoms. The van der Waals surface area contributed by atoms with Gasteiger partial charge in [0.05, 0.1) is 6.61 Å². The van der Waals surface area contributed by atoms with E-state index in [1.165, 1.54) is 96.3 Å². The molecule has 0 N–H and O–H groups in total. The summed E-state index contributed by atoms with van der Waals surface area (Å²) in [6, 6.07) is 0. The highest BCUT2D eigenvalue weighted by Gasteiger charge is 2.07. The molecule has 0 aliphatic heterocycles. The van der Waals surface area contributed by atoms with Gasteiger partial charge in [0.1, 0.15) is 0 Å². The summed E-state index contributed by atoms with van der Waals surface area (Å²) in [5.41, 5.74) is 0.659. The van der Waals surface area contributed by atoms with E-state index < -0.39 is 0 Å². The molecule has 0 rings (SSSR count). The second-order valence-electron chi connectivity index (χ2n) is 8.15. The molecule has 0 bridgehead atoms. The third-order valence-corrected chi connectivity index (χ3v) is 5.35. The minimum Gasteiger partial charge on any atom is -0.462 e. The van der Waals surface area contributed by atoms with Gasteiger partial charge in [0.15, 0.2) is 0 Å². The molecular weight excluding hydrogens is 332 g/mol. The SMILES string of the molecule is C=C(CCCCCCCCCCCCCCC)C(=O)OCCCCCCC. The number of carbonyl (C=O) groups is 1. The van der Waals surface area contributed by atoms with Crippen LogP contribution >= 0.6 is 0 Å². The highest BCUT2D eigenvalue weighted by Crippen LogP contribution is 2.14. The van der Waals surface area contributed by atoms with Crippen molar-refractivity contribution in [1.82, 2.24) is 0 Å². The zero-order chi connectivity index (χ0) is 20.0. The smallest absolute Gasteiger partial charge is 0.333 e. The van der Waals surface area contributed by atoms with Crippen LogP contribution in [0.4, 0.5) is 0 Å². The fraction of sp³-hybridized carbons (Fsp3) is 0.880. The molecule has 0 amide bonds. The summed E-state index contributed by atoms with van der Waals surface area (Å²) in [5.74, 6) is -0.176. The van der Waals surface area contributed by atoms with Crippen LogP contribution in [0.25, 0.3) is 0 Å². The van der Waals surface area contributed by atoms with Gasteiger partial charge in [-0.15, -0.1) is 0 Å². The fourth-order valence-corrected chi connectivity index (χ4v) is 3.43. The molecule has 0 spiro atoms. The Hall–Kier alpha value is -0.790. The van der Waals surface area contributed by atoms with Crippen molar-refractivity contribution in [3.05, 3.63) is 12.2 Å². The van der Waals surface area contributed by atoms with Crippen LogP contribution in [0.5, 0.6) is 0 Å². The minimum atomic E-state index is -0.176. The fourth-order valence-electron chi connectivity index (χ4n) is 3.43. The molecule has 0 saturated heterocycles. The quantitative estimate of drug-likeness (QED) is 0.113. The number of hydrogen-bond donors (Lipinski definition) is 0. The van der Waals surface area contributed by atoms with Gasteiger partial charge in [-0.2, -0.15) is 0 Å². The molecule has 0 heterocycles. The molecule has 2 heteroatoms. The van der Waals surface area contributed by atoms with E-state index in [2.05, 4.69) is 20.4 Å². The molecule has 0 aliphatic rings. The molecular formula is C25H48O2. The number of esters is 1. The van der Waals surface area contributed by atoms with Crippen molar-refractivity contribution >= 4 is 5.97 Å². The van der Waals surface area contributed by atoms with Gasteiger partial charge in [-0.3, -0.25) is 0 Å². The second kappa shape index (κ2) is 21.5. The second-order valence-corrected chi connectivity index (χ2v) is 8.15. The molecule has 160 valence electrons. The predicted octanol–water partition coefficient (Wildman–Crippen LogP) is 8.54. The summed E-state index contributed by atoms with van der Waals surface area (Å²) in [6.07, 6.45) is 24.2. The number of unbranched alkanes of at least 4 members (excludes halogenated alkanes) is 16. The lowest BCUT2D eigenvalue weighted by atomic mass is 10.0.